The molecule has 1 heterocycles. The Morgan fingerprint density at radius 2 is 2.00 bits per heavy atom. The second-order valence-electron chi connectivity index (χ2n) is 5.98. The number of nitrogens with one attached hydrogen (secondary N) is 1. The summed E-state index contributed by atoms with van der Waals surface area (Å²) in [5.74, 6) is 0.825. The van der Waals surface area contributed by atoms with Crippen molar-refractivity contribution in [3.05, 3.63) is 0 Å². The summed E-state index contributed by atoms with van der Waals surface area (Å²) >= 11 is 0. The molecule has 1 rings (SSSR count). The molecule has 0 amide bonds. The van der Waals surface area contributed by atoms with Crippen LogP contribution < -0.4 is 5.32 Å². The van der Waals surface area contributed by atoms with E-state index in [-0.39, 0.29) is 5.54 Å². The van der Waals surface area contributed by atoms with E-state index >= 15 is 0 Å². The predicted molar refractivity (Wildman–Crippen MR) is 67.2 cm³/mol. The van der Waals surface area contributed by atoms with E-state index in [1.165, 1.54) is 45.4 Å². The maximum atomic E-state index is 3.64. The van der Waals surface area contributed by atoms with Gasteiger partial charge in [0.05, 0.1) is 0 Å². The van der Waals surface area contributed by atoms with Gasteiger partial charge in [-0.1, -0.05) is 13.8 Å². The Kier molecular flexibility index (Phi) is 5.07. The summed E-state index contributed by atoms with van der Waals surface area (Å²) < 4.78 is 0. The lowest BCUT2D eigenvalue weighted by molar-refractivity contribution is 0.173. The van der Waals surface area contributed by atoms with Crippen LogP contribution in [-0.4, -0.2) is 36.6 Å². The minimum atomic E-state index is 0.289. The van der Waals surface area contributed by atoms with E-state index in [0.29, 0.717) is 0 Å². The molecule has 15 heavy (non-hydrogen) atoms. The van der Waals surface area contributed by atoms with Gasteiger partial charge in [0.15, 0.2) is 0 Å². The van der Waals surface area contributed by atoms with Crippen LogP contribution in [0.1, 0.15) is 47.0 Å². The maximum absolute atomic E-state index is 3.64. The molecule has 0 saturated carbocycles. The second kappa shape index (κ2) is 5.86. The lowest BCUT2D eigenvalue weighted by Crippen LogP contribution is -2.51. The smallest absolute Gasteiger partial charge is 0.0252 e. The van der Waals surface area contributed by atoms with Gasteiger partial charge in [-0.3, -0.25) is 0 Å². The fraction of sp³-hybridized carbons (Fsp3) is 1.00. The van der Waals surface area contributed by atoms with E-state index in [2.05, 4.69) is 37.9 Å². The first-order chi connectivity index (χ1) is 6.99. The topological polar surface area (TPSA) is 15.3 Å². The van der Waals surface area contributed by atoms with E-state index in [0.717, 1.165) is 5.92 Å². The zero-order valence-electron chi connectivity index (χ0n) is 11.0. The Bertz CT molecular complexity index is 175. The molecule has 1 aliphatic heterocycles. The highest BCUT2D eigenvalue weighted by molar-refractivity contribution is 4.83. The van der Waals surface area contributed by atoms with Crippen molar-refractivity contribution < 1.29 is 0 Å². The van der Waals surface area contributed by atoms with E-state index in [4.69, 9.17) is 0 Å². The third-order valence-electron chi connectivity index (χ3n) is 3.15. The monoisotopic (exact) mass is 212 g/mol. The van der Waals surface area contributed by atoms with E-state index in [1.807, 2.05) is 0 Å². The number of nitrogens with zero attached hydrogens (tertiary/aromatic N) is 1. The first-order valence-corrected chi connectivity index (χ1v) is 6.47. The molecule has 2 heteroatoms. The molecule has 2 nitrogen and oxygen atoms in total. The number of hydrogen-bond acceptors (Lipinski definition) is 2. The van der Waals surface area contributed by atoms with Crippen LogP contribution in [0.15, 0.2) is 0 Å². The summed E-state index contributed by atoms with van der Waals surface area (Å²) in [6.45, 7) is 14.2. The highest BCUT2D eigenvalue weighted by atomic mass is 15.2. The third-order valence-corrected chi connectivity index (χ3v) is 3.15. The highest BCUT2D eigenvalue weighted by Crippen LogP contribution is 2.12. The van der Waals surface area contributed by atoms with Crippen LogP contribution in [0.5, 0.6) is 0 Å². The molecular formula is C13H28N2. The zero-order valence-corrected chi connectivity index (χ0v) is 11.0. The standard InChI is InChI=1S/C13H28N2/c1-12(2)7-10-15-9-6-5-8-14-13(3,4)11-15/h12,14H,5-11H2,1-4H3. The van der Waals surface area contributed by atoms with Gasteiger partial charge in [-0.2, -0.15) is 0 Å². The van der Waals surface area contributed by atoms with Crippen LogP contribution in [0.3, 0.4) is 0 Å². The van der Waals surface area contributed by atoms with Crippen molar-refractivity contribution in [2.24, 2.45) is 5.92 Å². The van der Waals surface area contributed by atoms with Gasteiger partial charge in [0.25, 0.3) is 0 Å². The van der Waals surface area contributed by atoms with E-state index in [9.17, 15) is 0 Å². The summed E-state index contributed by atoms with van der Waals surface area (Å²) in [7, 11) is 0. The quantitative estimate of drug-likeness (QED) is 0.773. The van der Waals surface area contributed by atoms with Crippen molar-refractivity contribution in [1.29, 1.82) is 0 Å². The van der Waals surface area contributed by atoms with Gasteiger partial charge in [-0.05, 0) is 58.7 Å². The molecular weight excluding hydrogens is 184 g/mol. The summed E-state index contributed by atoms with van der Waals surface area (Å²) in [6.07, 6.45) is 4.00. The van der Waals surface area contributed by atoms with Crippen LogP contribution in [0.4, 0.5) is 0 Å². The van der Waals surface area contributed by atoms with Gasteiger partial charge >= 0.3 is 0 Å². The fourth-order valence-corrected chi connectivity index (χ4v) is 2.21. The average molecular weight is 212 g/mol. The number of hydrogen-bond donors (Lipinski definition) is 1. The van der Waals surface area contributed by atoms with Gasteiger partial charge in [-0.15, -0.1) is 0 Å². The minimum absolute atomic E-state index is 0.289. The normalized spacial score (nSPS) is 23.8. The fourth-order valence-electron chi connectivity index (χ4n) is 2.21. The molecule has 0 atom stereocenters. The molecule has 0 unspecified atom stereocenters. The van der Waals surface area contributed by atoms with Crippen molar-refractivity contribution in [1.82, 2.24) is 10.2 Å². The van der Waals surface area contributed by atoms with Gasteiger partial charge < -0.3 is 10.2 Å². The zero-order chi connectivity index (χ0) is 11.3. The van der Waals surface area contributed by atoms with Gasteiger partial charge in [0.2, 0.25) is 0 Å². The van der Waals surface area contributed by atoms with Crippen molar-refractivity contribution in [2.45, 2.75) is 52.5 Å². The van der Waals surface area contributed by atoms with Crippen LogP contribution in [0, 0.1) is 5.92 Å². The van der Waals surface area contributed by atoms with Gasteiger partial charge in [0.1, 0.15) is 0 Å². The molecule has 0 radical (unpaired) electrons. The summed E-state index contributed by atoms with van der Waals surface area (Å²) in [5, 5.41) is 3.64. The lowest BCUT2D eigenvalue weighted by Gasteiger charge is -2.36. The molecule has 1 N–H and O–H groups in total. The Morgan fingerprint density at radius 1 is 1.27 bits per heavy atom. The minimum Gasteiger partial charge on any atom is -0.311 e. The molecule has 0 aromatic carbocycles. The Morgan fingerprint density at radius 3 is 2.67 bits per heavy atom. The SMILES string of the molecule is CC(C)CCN1CCCCNC(C)(C)C1. The van der Waals surface area contributed by atoms with Crippen molar-refractivity contribution in [2.75, 3.05) is 26.2 Å². The number of rotatable bonds is 3. The molecule has 1 saturated heterocycles. The Balaban J connectivity index is 2.39. The first-order valence-electron chi connectivity index (χ1n) is 6.47. The molecule has 0 aliphatic carbocycles. The van der Waals surface area contributed by atoms with Crippen LogP contribution >= 0.6 is 0 Å². The molecule has 0 spiro atoms. The second-order valence-corrected chi connectivity index (χ2v) is 5.98. The molecule has 0 bridgehead atoms. The molecule has 1 aliphatic rings. The van der Waals surface area contributed by atoms with Crippen molar-refractivity contribution in [3.8, 4) is 0 Å². The largest absolute Gasteiger partial charge is 0.311 e. The van der Waals surface area contributed by atoms with Gasteiger partial charge in [0, 0.05) is 12.1 Å². The van der Waals surface area contributed by atoms with Crippen LogP contribution in [0.25, 0.3) is 0 Å². The summed E-state index contributed by atoms with van der Waals surface area (Å²) in [4.78, 5) is 2.63. The Labute approximate surface area is 95.4 Å². The highest BCUT2D eigenvalue weighted by Gasteiger charge is 2.22. The average Bonchev–Trinajstić information content (AvgIpc) is 2.09. The maximum Gasteiger partial charge on any atom is 0.0252 e. The van der Waals surface area contributed by atoms with E-state index in [1.54, 1.807) is 0 Å². The first kappa shape index (κ1) is 13.0. The van der Waals surface area contributed by atoms with Crippen molar-refractivity contribution >= 4 is 0 Å². The molecule has 0 aromatic heterocycles. The molecule has 1 fully saturated rings. The van der Waals surface area contributed by atoms with Crippen LogP contribution in [-0.2, 0) is 0 Å². The van der Waals surface area contributed by atoms with E-state index < -0.39 is 0 Å². The lowest BCUT2D eigenvalue weighted by atomic mass is 10.0. The summed E-state index contributed by atoms with van der Waals surface area (Å²) in [6, 6.07) is 0. The van der Waals surface area contributed by atoms with Crippen molar-refractivity contribution in [3.63, 3.8) is 0 Å². The molecule has 90 valence electrons. The molecule has 0 aromatic rings. The predicted octanol–water partition coefficient (Wildman–Crippen LogP) is 2.50. The Hall–Kier alpha value is -0.0800. The van der Waals surface area contributed by atoms with Crippen LogP contribution in [0.2, 0.25) is 0 Å². The third kappa shape index (κ3) is 5.53. The van der Waals surface area contributed by atoms with Gasteiger partial charge in [-0.25, -0.2) is 0 Å². The summed E-state index contributed by atoms with van der Waals surface area (Å²) in [5.41, 5.74) is 0.289.